The zero-order chi connectivity index (χ0) is 24.9. The van der Waals surface area contributed by atoms with Gasteiger partial charge in [-0.2, -0.15) is 0 Å². The molecule has 188 valence electrons. The van der Waals surface area contributed by atoms with Crippen LogP contribution in [-0.4, -0.2) is 77.3 Å². The van der Waals surface area contributed by atoms with E-state index in [1.807, 2.05) is 0 Å². The van der Waals surface area contributed by atoms with Gasteiger partial charge in [0.25, 0.3) is 5.91 Å². The molecule has 1 fully saturated rings. The molecule has 10 heteroatoms. The van der Waals surface area contributed by atoms with Crippen LogP contribution in [0.15, 0.2) is 29.4 Å². The Hall–Kier alpha value is -2.98. The van der Waals surface area contributed by atoms with E-state index < -0.39 is 12.0 Å². The van der Waals surface area contributed by atoms with Gasteiger partial charge in [0, 0.05) is 25.2 Å². The lowest BCUT2D eigenvalue weighted by Gasteiger charge is -2.36. The molecule has 0 radical (unpaired) electrons. The number of rotatable bonds is 13. The summed E-state index contributed by atoms with van der Waals surface area (Å²) in [6.45, 7) is 5.00. The molecule has 0 aromatic heterocycles. The molecule has 1 saturated heterocycles. The van der Waals surface area contributed by atoms with Crippen LogP contribution in [0.25, 0.3) is 0 Å². The van der Waals surface area contributed by atoms with Gasteiger partial charge < -0.3 is 24.6 Å². The fraction of sp³-hybridized carbons (Fsp3) is 0.583. The highest BCUT2D eigenvalue weighted by Crippen LogP contribution is 2.18. The molecule has 0 aliphatic carbocycles. The van der Waals surface area contributed by atoms with Gasteiger partial charge in [-0.05, 0) is 43.9 Å². The Bertz CT molecular complexity index is 821. The Morgan fingerprint density at radius 3 is 2.47 bits per heavy atom. The molecular weight excluding hydrogens is 440 g/mol. The molecule has 0 unspecified atom stereocenters. The van der Waals surface area contributed by atoms with Crippen molar-refractivity contribution in [3.8, 4) is 0 Å². The highest BCUT2D eigenvalue weighted by Gasteiger charge is 2.32. The number of unbranched alkanes of at least 4 members (excludes halogenated alkanes) is 3. The summed E-state index contributed by atoms with van der Waals surface area (Å²) in [6.07, 6.45) is 6.38. The fourth-order valence-corrected chi connectivity index (χ4v) is 3.98. The second-order valence-corrected chi connectivity index (χ2v) is 8.43. The first-order valence-electron chi connectivity index (χ1n) is 11.8. The molecule has 1 aromatic carbocycles. The first-order valence-corrected chi connectivity index (χ1v) is 11.8. The lowest BCUT2D eigenvalue weighted by molar-refractivity contribution is -0.147. The topological polar surface area (TPSA) is 135 Å². The molecule has 2 amide bonds. The van der Waals surface area contributed by atoms with Crippen LogP contribution in [0.5, 0.6) is 0 Å². The maximum absolute atomic E-state index is 13.4. The van der Waals surface area contributed by atoms with Crippen molar-refractivity contribution in [2.45, 2.75) is 64.5 Å². The lowest BCUT2D eigenvalue weighted by Crippen LogP contribution is -2.52. The molecule has 1 aliphatic heterocycles. The van der Waals surface area contributed by atoms with E-state index in [2.05, 4.69) is 17.0 Å². The average Bonchev–Trinajstić information content (AvgIpc) is 2.85. The van der Waals surface area contributed by atoms with Gasteiger partial charge in [-0.3, -0.25) is 9.59 Å². The number of piperidine rings is 1. The molecule has 3 N–H and O–H groups in total. The molecular formula is C24H36N4O6. The summed E-state index contributed by atoms with van der Waals surface area (Å²) in [4.78, 5) is 44.9. The second kappa shape index (κ2) is 14.3. The SMILES string of the molecule is CCCCCCN(C(=O)c1ccc(C=NON)cc1)[C@@H](C)C(=O)N1CCC(OCC(=O)O)CC1. The van der Waals surface area contributed by atoms with E-state index in [4.69, 9.17) is 15.7 Å². The molecule has 0 bridgehead atoms. The summed E-state index contributed by atoms with van der Waals surface area (Å²) < 4.78 is 5.36. The van der Waals surface area contributed by atoms with E-state index in [1.165, 1.54) is 6.21 Å². The number of nitrogens with zero attached hydrogens (tertiary/aromatic N) is 3. The van der Waals surface area contributed by atoms with Crippen molar-refractivity contribution in [1.82, 2.24) is 9.80 Å². The number of hydrogen-bond donors (Lipinski definition) is 2. The number of carbonyl (C=O) groups is 3. The number of nitrogens with two attached hydrogens (primary N) is 1. The van der Waals surface area contributed by atoms with Crippen LogP contribution in [0, 0.1) is 0 Å². The fourth-order valence-electron chi connectivity index (χ4n) is 3.98. The molecule has 10 nitrogen and oxygen atoms in total. The van der Waals surface area contributed by atoms with Crippen LogP contribution < -0.4 is 5.90 Å². The molecule has 1 heterocycles. The van der Waals surface area contributed by atoms with Crippen LogP contribution in [0.1, 0.15) is 68.3 Å². The third-order valence-electron chi connectivity index (χ3n) is 5.95. The van der Waals surface area contributed by atoms with Gasteiger partial charge in [-0.15, -0.1) is 5.90 Å². The number of aliphatic carboxylic acids is 1. The molecule has 2 rings (SSSR count). The highest BCUT2D eigenvalue weighted by atomic mass is 16.7. The average molecular weight is 477 g/mol. The van der Waals surface area contributed by atoms with Gasteiger partial charge >= 0.3 is 5.97 Å². The molecule has 1 atom stereocenters. The molecule has 34 heavy (non-hydrogen) atoms. The second-order valence-electron chi connectivity index (χ2n) is 8.43. The Labute approximate surface area is 200 Å². The zero-order valence-electron chi connectivity index (χ0n) is 20.0. The Morgan fingerprint density at radius 1 is 1.21 bits per heavy atom. The van der Waals surface area contributed by atoms with Gasteiger partial charge in [-0.25, -0.2) is 4.79 Å². The standard InChI is InChI=1S/C24H36N4O6/c1-3-4-5-6-13-28(24(32)20-9-7-19(8-10-20)16-26-34-25)18(2)23(31)27-14-11-21(12-15-27)33-17-22(29)30/h7-10,16,18,21H,3-6,11-15,17,25H2,1-2H3,(H,29,30)/t18-/m0/s1. The minimum atomic E-state index is -1.00. The number of likely N-dealkylation sites (tertiary alicyclic amines) is 1. The quantitative estimate of drug-likeness (QED) is 0.254. The molecule has 0 spiro atoms. The number of oxime groups is 1. The predicted octanol–water partition coefficient (Wildman–Crippen LogP) is 2.41. The van der Waals surface area contributed by atoms with Crippen molar-refractivity contribution in [3.63, 3.8) is 0 Å². The molecule has 1 aliphatic rings. The van der Waals surface area contributed by atoms with Crippen molar-refractivity contribution in [1.29, 1.82) is 0 Å². The summed E-state index contributed by atoms with van der Waals surface area (Å²) in [7, 11) is 0. The smallest absolute Gasteiger partial charge is 0.329 e. The van der Waals surface area contributed by atoms with Crippen molar-refractivity contribution in [3.05, 3.63) is 35.4 Å². The van der Waals surface area contributed by atoms with E-state index in [1.54, 1.807) is 41.0 Å². The van der Waals surface area contributed by atoms with Crippen molar-refractivity contribution < 1.29 is 29.2 Å². The minimum absolute atomic E-state index is 0.107. The number of benzene rings is 1. The summed E-state index contributed by atoms with van der Waals surface area (Å²) in [5.74, 6) is 3.59. The van der Waals surface area contributed by atoms with Gasteiger partial charge in [0.05, 0.1) is 12.3 Å². The van der Waals surface area contributed by atoms with Crippen LogP contribution in [0.3, 0.4) is 0 Å². The Balaban J connectivity index is 2.06. The maximum atomic E-state index is 13.4. The predicted molar refractivity (Wildman–Crippen MR) is 127 cm³/mol. The number of carbonyl (C=O) groups excluding carboxylic acids is 2. The third-order valence-corrected chi connectivity index (χ3v) is 5.95. The van der Waals surface area contributed by atoms with Crippen molar-refractivity contribution in [2.24, 2.45) is 11.1 Å². The van der Waals surface area contributed by atoms with Gasteiger partial charge in [0.15, 0.2) is 0 Å². The first-order chi connectivity index (χ1) is 16.4. The zero-order valence-corrected chi connectivity index (χ0v) is 20.0. The monoisotopic (exact) mass is 476 g/mol. The van der Waals surface area contributed by atoms with E-state index in [0.29, 0.717) is 38.0 Å². The van der Waals surface area contributed by atoms with Gasteiger partial charge in [0.1, 0.15) is 12.6 Å². The van der Waals surface area contributed by atoms with Crippen molar-refractivity contribution in [2.75, 3.05) is 26.2 Å². The first kappa shape index (κ1) is 27.3. The minimum Gasteiger partial charge on any atom is -0.480 e. The number of carboxylic acid groups (broad SMARTS) is 1. The van der Waals surface area contributed by atoms with E-state index in [9.17, 15) is 14.4 Å². The highest BCUT2D eigenvalue weighted by molar-refractivity contribution is 5.98. The van der Waals surface area contributed by atoms with Crippen LogP contribution >= 0.6 is 0 Å². The molecule has 1 aromatic rings. The summed E-state index contributed by atoms with van der Waals surface area (Å²) in [6, 6.07) is 6.25. The van der Waals surface area contributed by atoms with Gasteiger partial charge in [-0.1, -0.05) is 43.5 Å². The summed E-state index contributed by atoms with van der Waals surface area (Å²) in [5.41, 5.74) is 1.22. The van der Waals surface area contributed by atoms with Gasteiger partial charge in [0.2, 0.25) is 5.91 Å². The van der Waals surface area contributed by atoms with E-state index >= 15 is 0 Å². The largest absolute Gasteiger partial charge is 0.480 e. The third kappa shape index (κ3) is 8.42. The number of amides is 2. The number of hydrogen-bond acceptors (Lipinski definition) is 7. The van der Waals surface area contributed by atoms with E-state index in [-0.39, 0.29) is 24.5 Å². The maximum Gasteiger partial charge on any atom is 0.329 e. The number of carboxylic acids is 1. The normalized spacial score (nSPS) is 15.3. The van der Waals surface area contributed by atoms with Crippen LogP contribution in [0.2, 0.25) is 0 Å². The molecule has 0 saturated carbocycles. The summed E-state index contributed by atoms with van der Waals surface area (Å²) >= 11 is 0. The van der Waals surface area contributed by atoms with Crippen molar-refractivity contribution >= 4 is 24.0 Å². The van der Waals surface area contributed by atoms with Crippen LogP contribution in [0.4, 0.5) is 0 Å². The van der Waals surface area contributed by atoms with E-state index in [0.717, 1.165) is 31.2 Å². The Kier molecular flexibility index (Phi) is 11.5. The summed E-state index contributed by atoms with van der Waals surface area (Å²) in [5, 5.41) is 12.3. The Morgan fingerprint density at radius 2 is 1.88 bits per heavy atom. The number of ether oxygens (including phenoxy) is 1. The lowest BCUT2D eigenvalue weighted by atomic mass is 10.1. The van der Waals surface area contributed by atoms with Crippen LogP contribution in [-0.2, 0) is 19.3 Å².